The van der Waals surface area contributed by atoms with E-state index in [0.29, 0.717) is 0 Å². The van der Waals surface area contributed by atoms with Gasteiger partial charge in [-0.2, -0.15) is 0 Å². The van der Waals surface area contributed by atoms with Crippen LogP contribution in [0.4, 0.5) is 5.69 Å². The van der Waals surface area contributed by atoms with E-state index in [2.05, 4.69) is 55.9 Å². The molecule has 116 valence electrons. The Bertz CT molecular complexity index is 469. The van der Waals surface area contributed by atoms with Crippen molar-refractivity contribution in [1.82, 2.24) is 9.80 Å². The molecule has 0 saturated carbocycles. The summed E-state index contributed by atoms with van der Waals surface area (Å²) in [6.07, 6.45) is 0. The number of morpholine rings is 1. The van der Waals surface area contributed by atoms with Gasteiger partial charge in [-0.05, 0) is 24.7 Å². The van der Waals surface area contributed by atoms with E-state index in [1.165, 1.54) is 24.3 Å². The fourth-order valence-corrected chi connectivity index (χ4v) is 3.37. The van der Waals surface area contributed by atoms with Gasteiger partial charge in [-0.1, -0.05) is 22.0 Å². The second kappa shape index (κ2) is 7.09. The first kappa shape index (κ1) is 15.3. The number of halogens is 1. The average Bonchev–Trinajstić information content (AvgIpc) is 2.52. The molecule has 0 spiro atoms. The number of piperazine rings is 1. The molecule has 3 rings (SSSR count). The lowest BCUT2D eigenvalue weighted by Gasteiger charge is -2.35. The molecule has 1 aromatic rings. The highest BCUT2D eigenvalue weighted by atomic mass is 79.9. The van der Waals surface area contributed by atoms with Crippen LogP contribution in [0.2, 0.25) is 0 Å². The third-order valence-corrected chi connectivity index (χ3v) is 4.88. The Hall–Kier alpha value is -0.620. The number of benzene rings is 1. The Kier molecular flexibility index (Phi) is 5.16. The molecule has 0 bridgehead atoms. The number of hydrogen-bond donors (Lipinski definition) is 0. The van der Waals surface area contributed by atoms with Crippen LogP contribution in [0.15, 0.2) is 22.7 Å². The zero-order valence-corrected chi connectivity index (χ0v) is 14.3. The summed E-state index contributed by atoms with van der Waals surface area (Å²) >= 11 is 3.62. The summed E-state index contributed by atoms with van der Waals surface area (Å²) in [4.78, 5) is 7.42. The molecule has 2 aliphatic rings. The van der Waals surface area contributed by atoms with Crippen LogP contribution in [-0.2, 0) is 11.3 Å². The van der Waals surface area contributed by atoms with Gasteiger partial charge >= 0.3 is 0 Å². The lowest BCUT2D eigenvalue weighted by molar-refractivity contribution is 0.122. The van der Waals surface area contributed by atoms with E-state index in [9.17, 15) is 0 Å². The van der Waals surface area contributed by atoms with Crippen molar-refractivity contribution in [3.63, 3.8) is 0 Å². The van der Waals surface area contributed by atoms with Gasteiger partial charge in [-0.3, -0.25) is 4.90 Å². The van der Waals surface area contributed by atoms with Crippen molar-refractivity contribution in [3.8, 4) is 0 Å². The molecule has 0 amide bonds. The first-order valence-corrected chi connectivity index (χ1v) is 8.54. The molecular formula is C16H24BrN3O. The summed E-state index contributed by atoms with van der Waals surface area (Å²) in [7, 11) is 2.20. The average molecular weight is 354 g/mol. The largest absolute Gasteiger partial charge is 0.378 e. The number of rotatable bonds is 3. The molecule has 2 heterocycles. The quantitative estimate of drug-likeness (QED) is 0.827. The van der Waals surface area contributed by atoms with E-state index < -0.39 is 0 Å². The number of likely N-dealkylation sites (N-methyl/N-ethyl adjacent to an activating group) is 1. The molecule has 0 unspecified atom stereocenters. The van der Waals surface area contributed by atoms with Gasteiger partial charge in [0.25, 0.3) is 0 Å². The summed E-state index contributed by atoms with van der Waals surface area (Å²) in [5, 5.41) is 0. The monoisotopic (exact) mass is 353 g/mol. The van der Waals surface area contributed by atoms with Gasteiger partial charge in [-0.25, -0.2) is 0 Å². The third kappa shape index (κ3) is 3.97. The highest BCUT2D eigenvalue weighted by Crippen LogP contribution is 2.27. The van der Waals surface area contributed by atoms with Crippen LogP contribution in [0.3, 0.4) is 0 Å². The molecule has 21 heavy (non-hydrogen) atoms. The van der Waals surface area contributed by atoms with Crippen LogP contribution in [0.25, 0.3) is 0 Å². The van der Waals surface area contributed by atoms with Crippen LogP contribution in [0.5, 0.6) is 0 Å². The summed E-state index contributed by atoms with van der Waals surface area (Å²) < 4.78 is 6.64. The molecule has 5 heteroatoms. The Labute approximate surface area is 135 Å². The standard InChI is InChI=1S/C16H24BrN3O/c1-18-4-6-19(7-5-18)13-14-2-3-15(17)12-16(14)20-8-10-21-11-9-20/h2-3,12H,4-11,13H2,1H3. The maximum atomic E-state index is 5.48. The number of hydrogen-bond acceptors (Lipinski definition) is 4. The minimum atomic E-state index is 0.834. The van der Waals surface area contributed by atoms with Crippen molar-refractivity contribution in [2.24, 2.45) is 0 Å². The second-order valence-corrected chi connectivity index (χ2v) is 6.87. The summed E-state index contributed by atoms with van der Waals surface area (Å²) in [6.45, 7) is 9.37. The molecule has 0 atom stereocenters. The van der Waals surface area contributed by atoms with Crippen molar-refractivity contribution in [2.75, 3.05) is 64.4 Å². The van der Waals surface area contributed by atoms with E-state index in [1.54, 1.807) is 0 Å². The topological polar surface area (TPSA) is 19.0 Å². The van der Waals surface area contributed by atoms with E-state index in [-0.39, 0.29) is 0 Å². The smallest absolute Gasteiger partial charge is 0.0642 e. The van der Waals surface area contributed by atoms with Crippen molar-refractivity contribution in [1.29, 1.82) is 0 Å². The molecule has 0 aromatic heterocycles. The van der Waals surface area contributed by atoms with E-state index in [4.69, 9.17) is 4.74 Å². The lowest BCUT2D eigenvalue weighted by Crippen LogP contribution is -2.44. The predicted molar refractivity (Wildman–Crippen MR) is 89.9 cm³/mol. The maximum absolute atomic E-state index is 5.48. The Morgan fingerprint density at radius 3 is 2.48 bits per heavy atom. The van der Waals surface area contributed by atoms with Gasteiger partial charge in [0, 0.05) is 56.0 Å². The van der Waals surface area contributed by atoms with Crippen LogP contribution in [-0.4, -0.2) is 69.3 Å². The Balaban J connectivity index is 1.74. The molecule has 0 N–H and O–H groups in total. The lowest BCUT2D eigenvalue weighted by atomic mass is 10.1. The van der Waals surface area contributed by atoms with Gasteiger partial charge in [0.05, 0.1) is 13.2 Å². The van der Waals surface area contributed by atoms with Gasteiger partial charge < -0.3 is 14.5 Å². The van der Waals surface area contributed by atoms with Crippen LogP contribution in [0.1, 0.15) is 5.56 Å². The first-order chi connectivity index (χ1) is 10.2. The van der Waals surface area contributed by atoms with Crippen molar-refractivity contribution < 1.29 is 4.74 Å². The summed E-state index contributed by atoms with van der Waals surface area (Å²) in [6, 6.07) is 6.69. The zero-order chi connectivity index (χ0) is 14.7. The normalized spacial score (nSPS) is 21.7. The van der Waals surface area contributed by atoms with Crippen molar-refractivity contribution in [2.45, 2.75) is 6.54 Å². The molecule has 0 aliphatic carbocycles. The summed E-state index contributed by atoms with van der Waals surface area (Å²) in [5.41, 5.74) is 2.80. The molecule has 2 aliphatic heterocycles. The fraction of sp³-hybridized carbons (Fsp3) is 0.625. The Morgan fingerprint density at radius 2 is 1.76 bits per heavy atom. The van der Waals surface area contributed by atoms with Crippen molar-refractivity contribution in [3.05, 3.63) is 28.2 Å². The molecule has 1 aromatic carbocycles. The summed E-state index contributed by atoms with van der Waals surface area (Å²) in [5.74, 6) is 0. The predicted octanol–water partition coefficient (Wildman–Crippen LogP) is 2.03. The molecule has 0 radical (unpaired) electrons. The van der Waals surface area contributed by atoms with Gasteiger partial charge in [0.2, 0.25) is 0 Å². The van der Waals surface area contributed by atoms with E-state index in [1.807, 2.05) is 0 Å². The second-order valence-electron chi connectivity index (χ2n) is 5.95. The molecule has 2 saturated heterocycles. The van der Waals surface area contributed by atoms with Crippen LogP contribution < -0.4 is 4.90 Å². The number of anilines is 1. The van der Waals surface area contributed by atoms with E-state index >= 15 is 0 Å². The number of ether oxygens (including phenoxy) is 1. The zero-order valence-electron chi connectivity index (χ0n) is 12.7. The number of nitrogens with zero attached hydrogens (tertiary/aromatic N) is 3. The third-order valence-electron chi connectivity index (χ3n) is 4.39. The maximum Gasteiger partial charge on any atom is 0.0642 e. The first-order valence-electron chi connectivity index (χ1n) is 7.74. The minimum absolute atomic E-state index is 0.834. The van der Waals surface area contributed by atoms with Gasteiger partial charge in [0.15, 0.2) is 0 Å². The van der Waals surface area contributed by atoms with Gasteiger partial charge in [-0.15, -0.1) is 0 Å². The highest BCUT2D eigenvalue weighted by Gasteiger charge is 2.19. The minimum Gasteiger partial charge on any atom is -0.378 e. The van der Waals surface area contributed by atoms with E-state index in [0.717, 1.165) is 50.4 Å². The van der Waals surface area contributed by atoms with Crippen LogP contribution >= 0.6 is 15.9 Å². The molecule has 2 fully saturated rings. The van der Waals surface area contributed by atoms with Gasteiger partial charge in [0.1, 0.15) is 0 Å². The molecule has 4 nitrogen and oxygen atoms in total. The molecular weight excluding hydrogens is 330 g/mol. The Morgan fingerprint density at radius 1 is 1.05 bits per heavy atom. The fourth-order valence-electron chi connectivity index (χ4n) is 3.02. The SMILES string of the molecule is CN1CCN(Cc2ccc(Br)cc2N2CCOCC2)CC1. The van der Waals surface area contributed by atoms with Crippen LogP contribution in [0, 0.1) is 0 Å². The highest BCUT2D eigenvalue weighted by molar-refractivity contribution is 9.10. The van der Waals surface area contributed by atoms with Crippen molar-refractivity contribution >= 4 is 21.6 Å².